The van der Waals surface area contributed by atoms with Crippen molar-refractivity contribution < 1.29 is 9.84 Å². The van der Waals surface area contributed by atoms with Gasteiger partial charge < -0.3 is 20.1 Å². The summed E-state index contributed by atoms with van der Waals surface area (Å²) < 4.78 is 5.41. The Balaban J connectivity index is 2.05. The lowest BCUT2D eigenvalue weighted by atomic mass is 10.2. The molecule has 1 fully saturated rings. The molecule has 5 heteroatoms. The Bertz CT molecular complexity index is 229. The summed E-state index contributed by atoms with van der Waals surface area (Å²) in [6, 6.07) is 0.534. The van der Waals surface area contributed by atoms with Gasteiger partial charge in [0.15, 0.2) is 0 Å². The van der Waals surface area contributed by atoms with Crippen LogP contribution in [-0.4, -0.2) is 87.1 Å². The van der Waals surface area contributed by atoms with Gasteiger partial charge in [-0.15, -0.1) is 0 Å². The summed E-state index contributed by atoms with van der Waals surface area (Å²) in [5.41, 5.74) is 0. The lowest BCUT2D eigenvalue weighted by Crippen LogP contribution is -2.54. The van der Waals surface area contributed by atoms with Gasteiger partial charge in [-0.2, -0.15) is 0 Å². The maximum atomic E-state index is 9.78. The van der Waals surface area contributed by atoms with E-state index in [1.54, 1.807) is 0 Å². The number of piperazine rings is 1. The van der Waals surface area contributed by atoms with Gasteiger partial charge >= 0.3 is 0 Å². The molecule has 1 heterocycles. The third-order valence-corrected chi connectivity index (χ3v) is 3.69. The first-order chi connectivity index (χ1) is 9.13. The first-order valence-electron chi connectivity index (χ1n) is 7.48. The van der Waals surface area contributed by atoms with Crippen molar-refractivity contribution in [2.24, 2.45) is 0 Å². The van der Waals surface area contributed by atoms with Crippen LogP contribution in [0.1, 0.15) is 19.8 Å². The van der Waals surface area contributed by atoms with Crippen LogP contribution in [0.3, 0.4) is 0 Å². The van der Waals surface area contributed by atoms with Crippen LogP contribution in [-0.2, 0) is 4.74 Å². The Hall–Kier alpha value is -0.200. The Morgan fingerprint density at radius 1 is 1.37 bits per heavy atom. The van der Waals surface area contributed by atoms with Gasteiger partial charge in [-0.05, 0) is 20.5 Å². The fraction of sp³-hybridized carbons (Fsp3) is 1.00. The molecule has 0 bridgehead atoms. The van der Waals surface area contributed by atoms with Crippen LogP contribution in [0.2, 0.25) is 0 Å². The molecule has 1 saturated heterocycles. The van der Waals surface area contributed by atoms with Crippen LogP contribution in [0.5, 0.6) is 0 Å². The largest absolute Gasteiger partial charge is 0.389 e. The van der Waals surface area contributed by atoms with E-state index in [0.717, 1.165) is 45.6 Å². The van der Waals surface area contributed by atoms with E-state index >= 15 is 0 Å². The second kappa shape index (κ2) is 9.66. The number of likely N-dealkylation sites (N-methyl/N-ethyl adjacent to an activating group) is 2. The molecule has 0 aromatic rings. The Morgan fingerprint density at radius 2 is 2.16 bits per heavy atom. The summed E-state index contributed by atoms with van der Waals surface area (Å²) >= 11 is 0. The Morgan fingerprint density at radius 3 is 2.89 bits per heavy atom. The molecule has 2 N–H and O–H groups in total. The quantitative estimate of drug-likeness (QED) is 0.579. The van der Waals surface area contributed by atoms with Crippen LogP contribution >= 0.6 is 0 Å². The molecule has 0 saturated carbocycles. The molecule has 2 unspecified atom stereocenters. The lowest BCUT2D eigenvalue weighted by Gasteiger charge is -2.37. The highest BCUT2D eigenvalue weighted by atomic mass is 16.5. The SMILES string of the molecule is CCCCOCC(O)CNCC1CN(C)CCN1C. The van der Waals surface area contributed by atoms with Crippen molar-refractivity contribution in [1.29, 1.82) is 0 Å². The highest BCUT2D eigenvalue weighted by Gasteiger charge is 2.21. The molecule has 1 rings (SSSR count). The molecule has 0 spiro atoms. The summed E-state index contributed by atoms with van der Waals surface area (Å²) in [5.74, 6) is 0. The number of aliphatic hydroxyl groups excluding tert-OH is 1. The summed E-state index contributed by atoms with van der Waals surface area (Å²) in [7, 11) is 4.33. The van der Waals surface area contributed by atoms with Crippen LogP contribution in [0.25, 0.3) is 0 Å². The van der Waals surface area contributed by atoms with E-state index in [2.05, 4.69) is 36.1 Å². The summed E-state index contributed by atoms with van der Waals surface area (Å²) in [5, 5.41) is 13.1. The minimum atomic E-state index is -0.400. The molecule has 1 aliphatic rings. The number of nitrogens with one attached hydrogen (secondary N) is 1. The molecule has 5 nitrogen and oxygen atoms in total. The van der Waals surface area contributed by atoms with Crippen molar-refractivity contribution in [2.45, 2.75) is 31.9 Å². The fourth-order valence-corrected chi connectivity index (χ4v) is 2.26. The maximum absolute atomic E-state index is 9.78. The van der Waals surface area contributed by atoms with Crippen LogP contribution in [0, 0.1) is 0 Å². The molecule has 0 amide bonds. The predicted octanol–water partition coefficient (Wildman–Crippen LogP) is -0.000600. The highest BCUT2D eigenvalue weighted by Crippen LogP contribution is 2.04. The number of nitrogens with zero attached hydrogens (tertiary/aromatic N) is 2. The summed E-state index contributed by atoms with van der Waals surface area (Å²) in [6.07, 6.45) is 1.80. The van der Waals surface area contributed by atoms with Crippen molar-refractivity contribution in [1.82, 2.24) is 15.1 Å². The molecule has 0 aromatic heterocycles. The number of hydrogen-bond donors (Lipinski definition) is 2. The molecular weight excluding hydrogens is 242 g/mol. The van der Waals surface area contributed by atoms with Crippen molar-refractivity contribution in [3.63, 3.8) is 0 Å². The fourth-order valence-electron chi connectivity index (χ4n) is 2.26. The molecule has 0 aromatic carbocycles. The average molecular weight is 273 g/mol. The first kappa shape index (κ1) is 16.9. The monoisotopic (exact) mass is 273 g/mol. The highest BCUT2D eigenvalue weighted by molar-refractivity contribution is 4.80. The van der Waals surface area contributed by atoms with Gasteiger partial charge in [0, 0.05) is 45.4 Å². The van der Waals surface area contributed by atoms with Gasteiger partial charge in [-0.3, -0.25) is 4.90 Å². The molecule has 2 atom stereocenters. The van der Waals surface area contributed by atoms with E-state index in [1.807, 2.05) is 0 Å². The molecule has 19 heavy (non-hydrogen) atoms. The number of aliphatic hydroxyl groups is 1. The zero-order valence-electron chi connectivity index (χ0n) is 12.8. The minimum absolute atomic E-state index is 0.400. The second-order valence-corrected chi connectivity index (χ2v) is 5.64. The number of ether oxygens (including phenoxy) is 1. The first-order valence-corrected chi connectivity index (χ1v) is 7.48. The number of rotatable bonds is 9. The standard InChI is InChI=1S/C14H31N3O2/c1-4-5-8-19-12-14(18)10-15-9-13-11-16(2)6-7-17(13)3/h13-15,18H,4-12H2,1-3H3. The van der Waals surface area contributed by atoms with Gasteiger partial charge in [-0.1, -0.05) is 13.3 Å². The molecular formula is C14H31N3O2. The van der Waals surface area contributed by atoms with Crippen molar-refractivity contribution in [3.8, 4) is 0 Å². The van der Waals surface area contributed by atoms with Gasteiger partial charge in [0.05, 0.1) is 12.7 Å². The smallest absolute Gasteiger partial charge is 0.0897 e. The third kappa shape index (κ3) is 7.22. The van der Waals surface area contributed by atoms with Crippen molar-refractivity contribution in [3.05, 3.63) is 0 Å². The molecule has 0 aliphatic carbocycles. The normalized spacial score (nSPS) is 23.7. The Labute approximate surface area is 117 Å². The van der Waals surface area contributed by atoms with Gasteiger partial charge in [0.1, 0.15) is 0 Å². The van der Waals surface area contributed by atoms with E-state index in [9.17, 15) is 5.11 Å². The van der Waals surface area contributed by atoms with E-state index in [-0.39, 0.29) is 0 Å². The van der Waals surface area contributed by atoms with E-state index in [1.165, 1.54) is 0 Å². The van der Waals surface area contributed by atoms with Crippen LogP contribution in [0.4, 0.5) is 0 Å². The third-order valence-electron chi connectivity index (χ3n) is 3.69. The zero-order chi connectivity index (χ0) is 14.1. The second-order valence-electron chi connectivity index (χ2n) is 5.64. The summed E-state index contributed by atoms with van der Waals surface area (Å²) in [6.45, 7) is 8.21. The molecule has 1 aliphatic heterocycles. The van der Waals surface area contributed by atoms with Crippen LogP contribution < -0.4 is 5.32 Å². The number of unbranched alkanes of at least 4 members (excludes halogenated alkanes) is 1. The predicted molar refractivity (Wildman–Crippen MR) is 78.5 cm³/mol. The average Bonchev–Trinajstić information content (AvgIpc) is 2.39. The van der Waals surface area contributed by atoms with Gasteiger partial charge in [0.25, 0.3) is 0 Å². The van der Waals surface area contributed by atoms with E-state index in [4.69, 9.17) is 4.74 Å². The lowest BCUT2D eigenvalue weighted by molar-refractivity contribution is 0.0339. The maximum Gasteiger partial charge on any atom is 0.0897 e. The molecule has 114 valence electrons. The van der Waals surface area contributed by atoms with E-state index < -0.39 is 6.10 Å². The minimum Gasteiger partial charge on any atom is -0.389 e. The van der Waals surface area contributed by atoms with Gasteiger partial charge in [0.2, 0.25) is 0 Å². The Kier molecular flexibility index (Phi) is 8.57. The van der Waals surface area contributed by atoms with Crippen molar-refractivity contribution >= 4 is 0 Å². The summed E-state index contributed by atoms with van der Waals surface area (Å²) in [4.78, 5) is 4.74. The van der Waals surface area contributed by atoms with E-state index in [0.29, 0.717) is 19.2 Å². The number of hydrogen-bond acceptors (Lipinski definition) is 5. The van der Waals surface area contributed by atoms with Crippen molar-refractivity contribution in [2.75, 3.05) is 60.0 Å². The van der Waals surface area contributed by atoms with Gasteiger partial charge in [-0.25, -0.2) is 0 Å². The topological polar surface area (TPSA) is 48.0 Å². The van der Waals surface area contributed by atoms with Crippen LogP contribution in [0.15, 0.2) is 0 Å². The molecule has 0 radical (unpaired) electrons. The zero-order valence-corrected chi connectivity index (χ0v) is 12.8.